The molecule has 0 aliphatic heterocycles. The predicted octanol–water partition coefficient (Wildman–Crippen LogP) is 10.0. The Kier molecular flexibility index (Phi) is 7.95. The van der Waals surface area contributed by atoms with Gasteiger partial charge in [0.2, 0.25) is 0 Å². The molecule has 0 atom stereocenters. The first-order valence-electron chi connectivity index (χ1n) is 16.3. The number of rotatable bonds is 9. The summed E-state index contributed by atoms with van der Waals surface area (Å²) >= 11 is 0. The molecule has 8 rings (SSSR count). The van der Waals surface area contributed by atoms with E-state index < -0.39 is 0 Å². The maximum absolute atomic E-state index is 9.95. The van der Waals surface area contributed by atoms with E-state index in [4.69, 9.17) is 9.47 Å². The molecular formula is C44H34O4. The fraction of sp³-hybridized carbons (Fsp3) is 0.0909. The lowest BCUT2D eigenvalue weighted by atomic mass is 9.85. The van der Waals surface area contributed by atoms with Gasteiger partial charge in [0, 0.05) is 10.9 Å². The van der Waals surface area contributed by atoms with Gasteiger partial charge < -0.3 is 19.7 Å². The van der Waals surface area contributed by atoms with Crippen molar-refractivity contribution in [2.75, 3.05) is 26.4 Å². The van der Waals surface area contributed by atoms with Gasteiger partial charge in [0.1, 0.15) is 13.2 Å². The van der Waals surface area contributed by atoms with E-state index in [1.165, 1.54) is 16.2 Å². The van der Waals surface area contributed by atoms with E-state index in [0.717, 1.165) is 60.3 Å². The lowest BCUT2D eigenvalue weighted by molar-refractivity contribution is 0.179. The first kappa shape index (κ1) is 29.7. The zero-order valence-electron chi connectivity index (χ0n) is 26.4. The summed E-state index contributed by atoms with van der Waals surface area (Å²) in [6.45, 7) is -0.0808. The summed E-state index contributed by atoms with van der Waals surface area (Å²) < 4.78 is 12.6. The molecule has 0 radical (unpaired) electrons. The second kappa shape index (κ2) is 12.8. The van der Waals surface area contributed by atoms with Crippen LogP contribution in [0.3, 0.4) is 0 Å². The number of hydrogen-bond donors (Lipinski definition) is 2. The number of hydrogen-bond acceptors (Lipinski definition) is 4. The third-order valence-corrected chi connectivity index (χ3v) is 9.07. The smallest absolute Gasteiger partial charge is 0.169 e. The van der Waals surface area contributed by atoms with Gasteiger partial charge in [-0.15, -0.1) is 0 Å². The van der Waals surface area contributed by atoms with Crippen molar-refractivity contribution in [2.24, 2.45) is 0 Å². The number of aliphatic hydroxyl groups is 2. The van der Waals surface area contributed by atoms with Gasteiger partial charge in [-0.2, -0.15) is 0 Å². The van der Waals surface area contributed by atoms with E-state index in [1.807, 2.05) is 6.07 Å². The molecule has 0 bridgehead atoms. The Morgan fingerprint density at radius 2 is 0.896 bits per heavy atom. The van der Waals surface area contributed by atoms with E-state index in [9.17, 15) is 10.2 Å². The molecule has 4 nitrogen and oxygen atoms in total. The van der Waals surface area contributed by atoms with Crippen LogP contribution < -0.4 is 9.47 Å². The Labute approximate surface area is 279 Å². The second-order valence-corrected chi connectivity index (χ2v) is 12.0. The summed E-state index contributed by atoms with van der Waals surface area (Å²) in [5, 5.41) is 28.6. The number of fused-ring (bicyclic) bond motifs is 4. The molecule has 2 N–H and O–H groups in total. The number of ether oxygens (including phenoxy) is 2. The largest absolute Gasteiger partial charge is 0.487 e. The molecule has 8 aromatic carbocycles. The van der Waals surface area contributed by atoms with Crippen molar-refractivity contribution in [1.29, 1.82) is 0 Å². The summed E-state index contributed by atoms with van der Waals surface area (Å²) in [7, 11) is 0. The lowest BCUT2D eigenvalue weighted by Gasteiger charge is -2.22. The van der Waals surface area contributed by atoms with Crippen LogP contribution in [0.25, 0.3) is 76.5 Å². The molecule has 0 fully saturated rings. The topological polar surface area (TPSA) is 58.9 Å². The van der Waals surface area contributed by atoms with Crippen LogP contribution in [0.15, 0.2) is 146 Å². The highest BCUT2D eigenvalue weighted by Crippen LogP contribution is 2.50. The van der Waals surface area contributed by atoms with Crippen molar-refractivity contribution in [2.45, 2.75) is 0 Å². The van der Waals surface area contributed by atoms with Crippen LogP contribution in [-0.4, -0.2) is 36.6 Å². The van der Waals surface area contributed by atoms with E-state index in [2.05, 4.69) is 140 Å². The summed E-state index contributed by atoms with van der Waals surface area (Å²) in [5.74, 6) is 1.06. The average Bonchev–Trinajstić information content (AvgIpc) is 3.14. The fourth-order valence-corrected chi connectivity index (χ4v) is 6.97. The Bertz CT molecular complexity index is 2440. The molecule has 0 aliphatic rings. The maximum Gasteiger partial charge on any atom is 0.169 e. The molecule has 0 aliphatic carbocycles. The van der Waals surface area contributed by atoms with E-state index in [0.29, 0.717) is 11.5 Å². The SMILES string of the molecule is OCCOc1cc2cccc(-c3ccc4ccccc4c3)c2c(-c2cccc3cccc(-c4ccc5ccccc5c4)c23)c1OCCO. The Morgan fingerprint density at radius 1 is 0.396 bits per heavy atom. The third-order valence-electron chi connectivity index (χ3n) is 9.07. The van der Waals surface area contributed by atoms with Crippen LogP contribution in [0, 0.1) is 0 Å². The molecule has 234 valence electrons. The summed E-state index contributed by atoms with van der Waals surface area (Å²) in [6.07, 6.45) is 0. The monoisotopic (exact) mass is 626 g/mol. The summed E-state index contributed by atoms with van der Waals surface area (Å²) in [6, 6.07) is 51.2. The lowest BCUT2D eigenvalue weighted by Crippen LogP contribution is -2.08. The van der Waals surface area contributed by atoms with Crippen LogP contribution >= 0.6 is 0 Å². The number of benzene rings is 8. The zero-order chi connectivity index (χ0) is 32.5. The maximum atomic E-state index is 9.95. The second-order valence-electron chi connectivity index (χ2n) is 12.0. The van der Waals surface area contributed by atoms with Crippen molar-refractivity contribution in [1.82, 2.24) is 0 Å². The van der Waals surface area contributed by atoms with Crippen molar-refractivity contribution < 1.29 is 19.7 Å². The first-order chi connectivity index (χ1) is 23.7. The van der Waals surface area contributed by atoms with Gasteiger partial charge in [-0.05, 0) is 83.7 Å². The molecule has 0 aromatic heterocycles. The summed E-state index contributed by atoms with van der Waals surface area (Å²) in [4.78, 5) is 0. The quantitative estimate of drug-likeness (QED) is 0.167. The van der Waals surface area contributed by atoms with Gasteiger partial charge >= 0.3 is 0 Å². The fourth-order valence-electron chi connectivity index (χ4n) is 6.97. The van der Waals surface area contributed by atoms with Crippen molar-refractivity contribution in [3.8, 4) is 44.9 Å². The minimum atomic E-state index is -0.152. The highest BCUT2D eigenvalue weighted by molar-refractivity contribution is 6.17. The van der Waals surface area contributed by atoms with Crippen LogP contribution in [0.4, 0.5) is 0 Å². The Balaban J connectivity index is 1.49. The molecule has 0 unspecified atom stereocenters. The van der Waals surface area contributed by atoms with E-state index >= 15 is 0 Å². The molecule has 0 heterocycles. The van der Waals surface area contributed by atoms with Gasteiger partial charge in [0.25, 0.3) is 0 Å². The van der Waals surface area contributed by atoms with Crippen LogP contribution in [0.5, 0.6) is 11.5 Å². The number of aliphatic hydroxyl groups excluding tert-OH is 2. The zero-order valence-corrected chi connectivity index (χ0v) is 26.4. The van der Waals surface area contributed by atoms with Gasteiger partial charge in [-0.25, -0.2) is 0 Å². The summed E-state index contributed by atoms with van der Waals surface area (Å²) in [5.41, 5.74) is 6.27. The Morgan fingerprint density at radius 3 is 1.50 bits per heavy atom. The minimum absolute atomic E-state index is 0.0917. The van der Waals surface area contributed by atoms with Crippen molar-refractivity contribution in [3.63, 3.8) is 0 Å². The minimum Gasteiger partial charge on any atom is -0.487 e. The molecule has 8 aromatic rings. The molecular weight excluding hydrogens is 592 g/mol. The highest BCUT2D eigenvalue weighted by Gasteiger charge is 2.23. The molecule has 0 spiro atoms. The normalized spacial score (nSPS) is 11.5. The molecule has 0 saturated heterocycles. The predicted molar refractivity (Wildman–Crippen MR) is 198 cm³/mol. The molecule has 4 heteroatoms. The van der Waals surface area contributed by atoms with Crippen molar-refractivity contribution >= 4 is 43.1 Å². The van der Waals surface area contributed by atoms with Gasteiger partial charge in [0.15, 0.2) is 11.5 Å². The molecule has 0 amide bonds. The third kappa shape index (κ3) is 5.31. The molecule has 0 saturated carbocycles. The highest BCUT2D eigenvalue weighted by atomic mass is 16.5. The van der Waals surface area contributed by atoms with Crippen LogP contribution in [0.2, 0.25) is 0 Å². The molecule has 48 heavy (non-hydrogen) atoms. The van der Waals surface area contributed by atoms with E-state index in [-0.39, 0.29) is 26.4 Å². The first-order valence-corrected chi connectivity index (χ1v) is 16.3. The Hall–Kier alpha value is -5.68. The standard InChI is InChI=1S/C44H34O4/c45-22-24-47-40-28-36-14-7-16-38(35-21-19-30-9-2-4-11-33(30)27-35)42(36)43(44(40)48-25-23-46)39-17-6-13-31-12-5-15-37(41(31)39)34-20-18-29-8-1-3-10-32(29)26-34/h1-21,26-28,45-46H,22-25H2. The van der Waals surface area contributed by atoms with Gasteiger partial charge in [0.05, 0.1) is 13.2 Å². The van der Waals surface area contributed by atoms with Gasteiger partial charge in [-0.1, -0.05) is 127 Å². The van der Waals surface area contributed by atoms with E-state index in [1.54, 1.807) is 0 Å². The van der Waals surface area contributed by atoms with Gasteiger partial charge in [-0.3, -0.25) is 0 Å². The van der Waals surface area contributed by atoms with Crippen molar-refractivity contribution in [3.05, 3.63) is 146 Å². The van der Waals surface area contributed by atoms with Crippen LogP contribution in [-0.2, 0) is 0 Å². The van der Waals surface area contributed by atoms with Crippen LogP contribution in [0.1, 0.15) is 0 Å². The average molecular weight is 627 g/mol.